The smallest absolute Gasteiger partial charge is 0.0788 e. The molecule has 98 valence electrons. The van der Waals surface area contributed by atoms with Gasteiger partial charge in [0.1, 0.15) is 0 Å². The summed E-state index contributed by atoms with van der Waals surface area (Å²) in [4.78, 5) is 0. The molecule has 1 aliphatic rings. The molecule has 0 aliphatic carbocycles. The first kappa shape index (κ1) is 16.4. The lowest BCUT2D eigenvalue weighted by atomic mass is 10.1. The van der Waals surface area contributed by atoms with Gasteiger partial charge >= 0.3 is 0 Å². The number of nitrogens with zero attached hydrogens (tertiary/aromatic N) is 1. The Kier molecular flexibility index (Phi) is 9.73. The van der Waals surface area contributed by atoms with Crippen molar-refractivity contribution in [3.63, 3.8) is 0 Å². The lowest BCUT2D eigenvalue weighted by Gasteiger charge is -2.34. The van der Waals surface area contributed by atoms with Gasteiger partial charge in [-0.2, -0.15) is 0 Å². The monoisotopic (exact) mass is 291 g/mol. The second kappa shape index (κ2) is 9.47. The number of quaternary nitrogens is 1. The van der Waals surface area contributed by atoms with Crippen LogP contribution in [0.1, 0.15) is 65.2 Å². The van der Waals surface area contributed by atoms with E-state index < -0.39 is 0 Å². The van der Waals surface area contributed by atoms with Gasteiger partial charge in [0.2, 0.25) is 0 Å². The van der Waals surface area contributed by atoms with E-state index in [1.165, 1.54) is 82.0 Å². The van der Waals surface area contributed by atoms with Crippen molar-refractivity contribution in [1.82, 2.24) is 0 Å². The Morgan fingerprint density at radius 2 is 1.31 bits per heavy atom. The first-order valence-electron chi connectivity index (χ1n) is 7.18. The van der Waals surface area contributed by atoms with Crippen LogP contribution in [-0.2, 0) is 0 Å². The summed E-state index contributed by atoms with van der Waals surface area (Å²) in [5.41, 5.74) is 0. The third-order valence-electron chi connectivity index (χ3n) is 3.99. The fourth-order valence-electron chi connectivity index (χ4n) is 2.93. The van der Waals surface area contributed by atoms with Crippen LogP contribution >= 0.6 is 0 Å². The van der Waals surface area contributed by atoms with E-state index in [1.807, 2.05) is 0 Å². The number of hydrogen-bond acceptors (Lipinski definition) is 0. The molecule has 0 aromatic carbocycles. The number of likely N-dealkylation sites (tertiary alicyclic amines) is 1. The highest BCUT2D eigenvalue weighted by Crippen LogP contribution is 2.22. The molecule has 1 rings (SSSR count). The summed E-state index contributed by atoms with van der Waals surface area (Å²) < 4.78 is 1.47. The molecule has 16 heavy (non-hydrogen) atoms. The second-order valence-corrected chi connectivity index (χ2v) is 5.36. The first-order chi connectivity index (χ1) is 7.33. The van der Waals surface area contributed by atoms with Gasteiger partial charge in [0, 0.05) is 12.8 Å². The van der Waals surface area contributed by atoms with Gasteiger partial charge in [-0.3, -0.25) is 0 Å². The molecule has 1 nitrogen and oxygen atoms in total. The third kappa shape index (κ3) is 5.67. The van der Waals surface area contributed by atoms with E-state index in [1.54, 1.807) is 0 Å². The number of halogens is 1. The molecule has 0 bridgehead atoms. The van der Waals surface area contributed by atoms with Gasteiger partial charge in [0.25, 0.3) is 0 Å². The highest BCUT2D eigenvalue weighted by Gasteiger charge is 2.30. The predicted octanol–water partition coefficient (Wildman–Crippen LogP) is 0.981. The quantitative estimate of drug-likeness (QED) is 0.462. The van der Waals surface area contributed by atoms with Gasteiger partial charge in [-0.15, -0.1) is 0 Å². The standard InChI is InChI=1S/C14H30N.BrH/c1-3-5-7-8-12-15(11-6-4-2)13-9-10-14-15;/h3-14H2,1-2H3;1H/q+1;/p-1. The largest absolute Gasteiger partial charge is 1.00 e. The Labute approximate surface area is 113 Å². The van der Waals surface area contributed by atoms with Gasteiger partial charge in [0.15, 0.2) is 0 Å². The van der Waals surface area contributed by atoms with Gasteiger partial charge in [-0.25, -0.2) is 0 Å². The predicted molar refractivity (Wildman–Crippen MR) is 68.0 cm³/mol. The molecule has 1 aliphatic heterocycles. The Bertz CT molecular complexity index is 153. The fraction of sp³-hybridized carbons (Fsp3) is 1.00. The molecule has 1 saturated heterocycles. The summed E-state index contributed by atoms with van der Waals surface area (Å²) in [5, 5.41) is 0. The lowest BCUT2D eigenvalue weighted by molar-refractivity contribution is -0.917. The fourth-order valence-corrected chi connectivity index (χ4v) is 2.93. The molecule has 0 spiro atoms. The van der Waals surface area contributed by atoms with E-state index in [2.05, 4.69) is 13.8 Å². The highest BCUT2D eigenvalue weighted by atomic mass is 79.9. The SMILES string of the molecule is CCCCCC[N+]1(CCCC)CCCC1.[Br-]. The average Bonchev–Trinajstić information content (AvgIpc) is 2.71. The summed E-state index contributed by atoms with van der Waals surface area (Å²) in [7, 11) is 0. The average molecular weight is 292 g/mol. The zero-order valence-corrected chi connectivity index (χ0v) is 12.9. The zero-order chi connectivity index (χ0) is 11.0. The van der Waals surface area contributed by atoms with Crippen LogP contribution in [0, 0.1) is 0 Å². The van der Waals surface area contributed by atoms with E-state index >= 15 is 0 Å². The third-order valence-corrected chi connectivity index (χ3v) is 3.99. The van der Waals surface area contributed by atoms with Crippen molar-refractivity contribution < 1.29 is 21.5 Å². The summed E-state index contributed by atoms with van der Waals surface area (Å²) in [5.74, 6) is 0. The van der Waals surface area contributed by atoms with E-state index in [9.17, 15) is 0 Å². The van der Waals surface area contributed by atoms with Crippen molar-refractivity contribution in [2.75, 3.05) is 26.2 Å². The van der Waals surface area contributed by atoms with Crippen molar-refractivity contribution >= 4 is 0 Å². The summed E-state index contributed by atoms with van der Waals surface area (Å²) in [6.45, 7) is 10.5. The van der Waals surface area contributed by atoms with Gasteiger partial charge in [0.05, 0.1) is 26.2 Å². The van der Waals surface area contributed by atoms with Crippen LogP contribution in [0.25, 0.3) is 0 Å². The van der Waals surface area contributed by atoms with Crippen LogP contribution in [-0.4, -0.2) is 30.7 Å². The minimum Gasteiger partial charge on any atom is -1.00 e. The van der Waals surface area contributed by atoms with Gasteiger partial charge < -0.3 is 21.5 Å². The molecule has 0 aromatic heterocycles. The summed E-state index contributed by atoms with van der Waals surface area (Å²) >= 11 is 0. The van der Waals surface area contributed by atoms with E-state index in [0.29, 0.717) is 0 Å². The normalized spacial score (nSPS) is 18.4. The maximum absolute atomic E-state index is 2.32. The van der Waals surface area contributed by atoms with Crippen molar-refractivity contribution in [2.45, 2.75) is 65.2 Å². The van der Waals surface area contributed by atoms with Crippen LogP contribution in [0.2, 0.25) is 0 Å². The maximum atomic E-state index is 2.32. The summed E-state index contributed by atoms with van der Waals surface area (Å²) in [6.07, 6.45) is 11.5. The van der Waals surface area contributed by atoms with Gasteiger partial charge in [-0.05, 0) is 19.3 Å². The van der Waals surface area contributed by atoms with Crippen molar-refractivity contribution in [2.24, 2.45) is 0 Å². The number of rotatable bonds is 8. The highest BCUT2D eigenvalue weighted by molar-refractivity contribution is 4.56. The van der Waals surface area contributed by atoms with Gasteiger partial charge in [-0.1, -0.05) is 33.1 Å². The topological polar surface area (TPSA) is 0 Å². The number of unbranched alkanes of at least 4 members (excludes halogenated alkanes) is 4. The lowest BCUT2D eigenvalue weighted by Crippen LogP contribution is -3.00. The molecule has 1 heterocycles. The number of hydrogen-bond donors (Lipinski definition) is 0. The maximum Gasteiger partial charge on any atom is 0.0788 e. The molecule has 0 unspecified atom stereocenters. The zero-order valence-electron chi connectivity index (χ0n) is 11.3. The molecule has 1 fully saturated rings. The molecule has 0 amide bonds. The van der Waals surface area contributed by atoms with Crippen LogP contribution in [0.5, 0.6) is 0 Å². The van der Waals surface area contributed by atoms with E-state index in [4.69, 9.17) is 0 Å². The molecule has 0 aromatic rings. The molecule has 0 atom stereocenters. The molecule has 0 saturated carbocycles. The molecule has 0 N–H and O–H groups in total. The Morgan fingerprint density at radius 3 is 1.88 bits per heavy atom. The van der Waals surface area contributed by atoms with Crippen LogP contribution in [0.4, 0.5) is 0 Å². The van der Waals surface area contributed by atoms with Crippen molar-refractivity contribution in [3.8, 4) is 0 Å². The first-order valence-corrected chi connectivity index (χ1v) is 7.18. The minimum absolute atomic E-state index is 0. The Morgan fingerprint density at radius 1 is 0.750 bits per heavy atom. The van der Waals surface area contributed by atoms with E-state index in [0.717, 1.165) is 0 Å². The molecular formula is C14H30BrN. The molecular weight excluding hydrogens is 262 g/mol. The van der Waals surface area contributed by atoms with Crippen molar-refractivity contribution in [1.29, 1.82) is 0 Å². The van der Waals surface area contributed by atoms with Crippen molar-refractivity contribution in [3.05, 3.63) is 0 Å². The Hall–Kier alpha value is 0.440. The minimum atomic E-state index is 0. The molecule has 0 radical (unpaired) electrons. The summed E-state index contributed by atoms with van der Waals surface area (Å²) in [6, 6.07) is 0. The van der Waals surface area contributed by atoms with Crippen LogP contribution in [0.15, 0.2) is 0 Å². The molecule has 2 heteroatoms. The van der Waals surface area contributed by atoms with Crippen LogP contribution < -0.4 is 17.0 Å². The van der Waals surface area contributed by atoms with E-state index in [-0.39, 0.29) is 17.0 Å². The van der Waals surface area contributed by atoms with Crippen LogP contribution in [0.3, 0.4) is 0 Å². The second-order valence-electron chi connectivity index (χ2n) is 5.36. The Balaban J connectivity index is 0.00000225.